The number of hydrogen-bond acceptors (Lipinski definition) is 7. The van der Waals surface area contributed by atoms with Gasteiger partial charge in [0.1, 0.15) is 67.3 Å². The number of benzene rings is 8. The van der Waals surface area contributed by atoms with E-state index in [4.69, 9.17) is 24.2 Å². The fourth-order valence-electron chi connectivity index (χ4n) is 19.9. The molecule has 0 aliphatic heterocycles. The van der Waals surface area contributed by atoms with Crippen molar-refractivity contribution in [2.45, 2.75) is 180 Å². The second-order valence-corrected chi connectivity index (χ2v) is 33.2. The van der Waals surface area contributed by atoms with E-state index < -0.39 is 0 Å². The topological polar surface area (TPSA) is 144 Å². The molecular formula is C104H100N8O4+4. The monoisotopic (exact) mass is 1520 g/mol. The van der Waals surface area contributed by atoms with Crippen LogP contribution in [-0.2, 0) is 28.2 Å². The number of aryl methyl sites for hydroxylation is 8. The number of fused-ring (bicyclic) bond motifs is 12. The Kier molecular flexibility index (Phi) is 21.5. The molecular weight excluding hydrogens is 1430 g/mol. The van der Waals surface area contributed by atoms with Gasteiger partial charge in [-0.05, 0) is 227 Å². The van der Waals surface area contributed by atoms with Crippen molar-refractivity contribution in [3.63, 3.8) is 0 Å². The van der Waals surface area contributed by atoms with E-state index in [2.05, 4.69) is 243 Å². The molecule has 0 saturated heterocycles. The van der Waals surface area contributed by atoms with Gasteiger partial charge in [-0.2, -0.15) is 15.8 Å². The molecule has 0 spiro atoms. The summed E-state index contributed by atoms with van der Waals surface area (Å²) in [5.41, 5.74) is 29.0. The molecule has 8 aromatic carbocycles. The summed E-state index contributed by atoms with van der Waals surface area (Å²) in [5.74, 6) is 2.01. The molecule has 0 unspecified atom stereocenters. The molecule has 116 heavy (non-hydrogen) atoms. The van der Waals surface area contributed by atoms with Crippen molar-refractivity contribution in [1.29, 1.82) is 15.8 Å². The Hall–Kier alpha value is -12.5. The lowest BCUT2D eigenvalue weighted by Crippen LogP contribution is -2.30. The number of rotatable bonds is 8. The molecule has 16 aromatic rings. The van der Waals surface area contributed by atoms with Crippen LogP contribution in [0.2, 0.25) is 0 Å². The van der Waals surface area contributed by atoms with Crippen LogP contribution < -0.4 is 18.3 Å². The average molecular weight is 1530 g/mol. The molecule has 4 aliphatic rings. The summed E-state index contributed by atoms with van der Waals surface area (Å²) in [6.07, 6.45) is 33.2. The van der Waals surface area contributed by atoms with Gasteiger partial charge in [0, 0.05) is 97.2 Å². The van der Waals surface area contributed by atoms with Crippen LogP contribution in [0, 0.1) is 68.3 Å². The lowest BCUT2D eigenvalue weighted by molar-refractivity contribution is -0.660. The summed E-state index contributed by atoms with van der Waals surface area (Å²) >= 11 is 0. The Balaban J connectivity index is 0.000000111. The molecule has 0 bridgehead atoms. The normalized spacial score (nSPS) is 15.1. The third kappa shape index (κ3) is 14.3. The number of furan rings is 4. The first-order valence-corrected chi connectivity index (χ1v) is 42.1. The van der Waals surface area contributed by atoms with E-state index in [9.17, 15) is 15.8 Å². The minimum absolute atomic E-state index is 0.435. The summed E-state index contributed by atoms with van der Waals surface area (Å²) in [6.45, 7) is 16.2. The number of hydrogen-bond donors (Lipinski definition) is 0. The van der Waals surface area contributed by atoms with Crippen molar-refractivity contribution in [3.05, 3.63) is 267 Å². The Labute approximate surface area is 679 Å². The van der Waals surface area contributed by atoms with Gasteiger partial charge in [0.05, 0.1) is 63.7 Å². The van der Waals surface area contributed by atoms with Gasteiger partial charge in [-0.15, -0.1) is 0 Å². The lowest BCUT2D eigenvalue weighted by Gasteiger charge is -2.23. The fraction of sp³-hybridized carbons (Fsp3) is 0.308. The smallest absolute Gasteiger partial charge is 0.216 e. The standard InChI is InChI=1S/4C26H25N2O/c1-17-15-21-19-12-13-22(27-2)25(18-9-5-4-6-10-18)26(19)29-24(21)16-20(17)23-11-7-8-14-28(23)3;1-17-15-19(16-27)24-21-12-8-11-20(18-9-4-3-5-10-18)25(21)29-26(24)23(17)22-13-6-7-14-28(22)2;1-17-14-22-24(15-21(17)23-10-6-7-13-28(23)2)29-26-20(18-8-4-3-5-9-18)12-11-19(16-27)25(22)26;1-17-12-22-23-14-18(16-27)13-21(19-8-4-3-5-9-19)26(23)29-25(22)15-20(17)24-10-6-7-11-28(24)2/h7-8,11-16,18H,4-6,9-10H2,1,3H3;6-8,11-15,18H,3-5,9-10H2,1-2H3;6-7,10-15,18H,3-5,8-9H2,1-2H3;6-7,10-15,19H,3-5,8-9H2,1-2H3/q4*+1. The molecule has 4 saturated carbocycles. The Morgan fingerprint density at radius 1 is 0.336 bits per heavy atom. The molecule has 576 valence electrons. The maximum absolute atomic E-state index is 9.88. The summed E-state index contributed by atoms with van der Waals surface area (Å²) in [4.78, 5) is 3.85. The van der Waals surface area contributed by atoms with Gasteiger partial charge in [-0.3, -0.25) is 0 Å². The van der Waals surface area contributed by atoms with E-state index >= 15 is 0 Å². The van der Waals surface area contributed by atoms with Gasteiger partial charge in [-0.25, -0.2) is 23.1 Å². The third-order valence-electron chi connectivity index (χ3n) is 25.9. The van der Waals surface area contributed by atoms with Crippen molar-refractivity contribution in [1.82, 2.24) is 0 Å². The number of nitrogens with zero attached hydrogens (tertiary/aromatic N) is 8. The van der Waals surface area contributed by atoms with Crippen molar-refractivity contribution in [3.8, 4) is 63.2 Å². The highest BCUT2D eigenvalue weighted by Gasteiger charge is 2.31. The van der Waals surface area contributed by atoms with Crippen molar-refractivity contribution >= 4 is 93.4 Å². The molecule has 4 fully saturated rings. The average Bonchev–Trinajstić information content (AvgIpc) is 1.69. The highest BCUT2D eigenvalue weighted by molar-refractivity contribution is 6.14. The van der Waals surface area contributed by atoms with E-state index in [0.29, 0.717) is 34.8 Å². The quantitative estimate of drug-likeness (QED) is 0.109. The Morgan fingerprint density at radius 3 is 1.28 bits per heavy atom. The van der Waals surface area contributed by atoms with Crippen LogP contribution in [0.25, 0.3) is 138 Å². The van der Waals surface area contributed by atoms with E-state index in [1.807, 2.05) is 48.5 Å². The van der Waals surface area contributed by atoms with Gasteiger partial charge in [0.15, 0.2) is 36.1 Å². The summed E-state index contributed by atoms with van der Waals surface area (Å²) in [5, 5.41) is 37.8. The van der Waals surface area contributed by atoms with Crippen molar-refractivity contribution < 1.29 is 35.9 Å². The van der Waals surface area contributed by atoms with Gasteiger partial charge in [0.2, 0.25) is 22.8 Å². The van der Waals surface area contributed by atoms with Gasteiger partial charge in [0.25, 0.3) is 0 Å². The van der Waals surface area contributed by atoms with E-state index in [1.165, 1.54) is 166 Å². The molecule has 20 rings (SSSR count). The molecule has 12 heteroatoms. The van der Waals surface area contributed by atoms with Crippen molar-refractivity contribution in [2.24, 2.45) is 28.2 Å². The van der Waals surface area contributed by atoms with Crippen molar-refractivity contribution in [2.75, 3.05) is 0 Å². The lowest BCUT2D eigenvalue weighted by atomic mass is 9.82. The molecule has 0 radical (unpaired) electrons. The van der Waals surface area contributed by atoms with Crippen LogP contribution in [0.1, 0.15) is 213 Å². The first-order valence-electron chi connectivity index (χ1n) is 42.1. The molecule has 8 heterocycles. The summed E-state index contributed by atoms with van der Waals surface area (Å²) < 4.78 is 34.6. The number of pyridine rings is 4. The van der Waals surface area contributed by atoms with Crippen LogP contribution in [0.3, 0.4) is 0 Å². The number of nitriles is 3. The molecule has 8 aromatic heterocycles. The summed E-state index contributed by atoms with van der Waals surface area (Å²) in [6, 6.07) is 65.9. The van der Waals surface area contributed by atoms with Crippen LogP contribution in [0.4, 0.5) is 5.69 Å². The van der Waals surface area contributed by atoms with Gasteiger partial charge < -0.3 is 17.7 Å². The van der Waals surface area contributed by atoms with E-state index in [1.54, 1.807) is 0 Å². The third-order valence-corrected chi connectivity index (χ3v) is 25.9. The van der Waals surface area contributed by atoms with Crippen LogP contribution in [0.5, 0.6) is 0 Å². The highest BCUT2D eigenvalue weighted by atomic mass is 16.3. The zero-order chi connectivity index (χ0) is 79.8. The first-order chi connectivity index (χ1) is 56.7. The van der Waals surface area contributed by atoms with Crippen LogP contribution in [0.15, 0.2) is 212 Å². The number of para-hydroxylation sites is 1. The maximum atomic E-state index is 9.88. The first kappa shape index (κ1) is 76.2. The SMILES string of the molecule is Cc1cc(C#N)c2c(oc3c(C4CCCCC4)cccc32)c1-c1cccc[n+]1C.Cc1cc2c(cc1-c1cccc[n+]1C)oc1c(C3CCCCC3)cc(C#N)cc12.Cc1cc2c(cc1-c1cccc[n+]1C)oc1c(C3CCCCC3)ccc(C#N)c12.[C-]#[N+]c1ccc2c(oc3cc(-c4cccc[n+]4C)c(C)cc32)c1C1CCCCC1. The molecule has 0 atom stereocenters. The highest BCUT2D eigenvalue weighted by Crippen LogP contribution is 2.49. The van der Waals surface area contributed by atoms with Gasteiger partial charge in [-0.1, -0.05) is 113 Å². The predicted molar refractivity (Wildman–Crippen MR) is 464 cm³/mol. The number of aromatic nitrogens is 4. The molecule has 12 nitrogen and oxygen atoms in total. The predicted octanol–water partition coefficient (Wildman–Crippen LogP) is 25.9. The van der Waals surface area contributed by atoms with E-state index in [-0.39, 0.29) is 0 Å². The second-order valence-electron chi connectivity index (χ2n) is 33.2. The zero-order valence-electron chi connectivity index (χ0n) is 68.1. The Bertz CT molecular complexity index is 6640. The van der Waals surface area contributed by atoms with E-state index in [0.717, 1.165) is 151 Å². The molecule has 4 aliphatic carbocycles. The molecule has 0 amide bonds. The molecule has 0 N–H and O–H groups in total. The minimum Gasteiger partial charge on any atom is -0.457 e. The summed E-state index contributed by atoms with van der Waals surface area (Å²) in [7, 11) is 8.25. The second kappa shape index (κ2) is 32.8. The minimum atomic E-state index is 0.435. The fourth-order valence-corrected chi connectivity index (χ4v) is 19.9. The maximum Gasteiger partial charge on any atom is 0.216 e. The van der Waals surface area contributed by atoms with Crippen LogP contribution in [-0.4, -0.2) is 0 Å². The zero-order valence-corrected chi connectivity index (χ0v) is 68.1. The van der Waals surface area contributed by atoms with Crippen LogP contribution >= 0.6 is 0 Å². The largest absolute Gasteiger partial charge is 0.457 e. The van der Waals surface area contributed by atoms with Gasteiger partial charge >= 0.3 is 0 Å². The Morgan fingerprint density at radius 2 is 0.776 bits per heavy atom.